The van der Waals surface area contributed by atoms with E-state index in [1.165, 1.54) is 154 Å². The van der Waals surface area contributed by atoms with E-state index in [1.807, 2.05) is 0 Å². The van der Waals surface area contributed by atoms with Crippen LogP contribution in [0, 0.1) is 0 Å². The predicted molar refractivity (Wildman–Crippen MR) is 288 cm³/mol. The highest BCUT2D eigenvalue weighted by Crippen LogP contribution is 2.15. The zero-order chi connectivity index (χ0) is 47.7. The Bertz CT molecular complexity index is 1180. The van der Waals surface area contributed by atoms with Gasteiger partial charge in [0.2, 0.25) is 0 Å². The van der Waals surface area contributed by atoms with Gasteiger partial charge < -0.3 is 14.2 Å². The fraction of sp³-hybridized carbons (Fsp3) is 0.770. The van der Waals surface area contributed by atoms with Gasteiger partial charge in [0.25, 0.3) is 0 Å². The van der Waals surface area contributed by atoms with Gasteiger partial charge in [0.05, 0.1) is 6.61 Å². The third-order valence-electron chi connectivity index (χ3n) is 12.2. The van der Waals surface area contributed by atoms with Crippen LogP contribution in [0.15, 0.2) is 72.9 Å². The molecule has 0 amide bonds. The molecule has 0 radical (unpaired) electrons. The second-order valence-electron chi connectivity index (χ2n) is 18.8. The van der Waals surface area contributed by atoms with Crippen LogP contribution in [0.5, 0.6) is 0 Å². The predicted octanol–water partition coefficient (Wildman–Crippen LogP) is 19.5. The summed E-state index contributed by atoms with van der Waals surface area (Å²) in [6.07, 6.45) is 73.4. The van der Waals surface area contributed by atoms with Crippen molar-refractivity contribution >= 4 is 11.9 Å². The number of hydrogen-bond acceptors (Lipinski definition) is 5. The van der Waals surface area contributed by atoms with Gasteiger partial charge in [0, 0.05) is 19.4 Å². The van der Waals surface area contributed by atoms with Gasteiger partial charge in [-0.25, -0.2) is 0 Å². The molecule has 0 aromatic rings. The highest BCUT2D eigenvalue weighted by Gasteiger charge is 2.17. The maximum atomic E-state index is 12.8. The molecular weight excluding hydrogens is 813 g/mol. The smallest absolute Gasteiger partial charge is 0.306 e. The van der Waals surface area contributed by atoms with Crippen molar-refractivity contribution < 1.29 is 23.8 Å². The van der Waals surface area contributed by atoms with Crippen LogP contribution in [0.1, 0.15) is 278 Å². The molecule has 0 rings (SSSR count). The number of rotatable bonds is 52. The van der Waals surface area contributed by atoms with Crippen molar-refractivity contribution in [2.45, 2.75) is 284 Å². The van der Waals surface area contributed by atoms with Crippen molar-refractivity contribution in [2.75, 3.05) is 19.8 Å². The normalized spacial score (nSPS) is 12.7. The summed E-state index contributed by atoms with van der Waals surface area (Å²) in [4.78, 5) is 25.5. The van der Waals surface area contributed by atoms with Gasteiger partial charge in [0.1, 0.15) is 6.61 Å². The fourth-order valence-corrected chi connectivity index (χ4v) is 8.00. The number of ether oxygens (including phenoxy) is 3. The van der Waals surface area contributed by atoms with E-state index < -0.39 is 6.10 Å². The molecule has 0 fully saturated rings. The van der Waals surface area contributed by atoms with Crippen LogP contribution in [0.4, 0.5) is 0 Å². The summed E-state index contributed by atoms with van der Waals surface area (Å²) in [7, 11) is 0. The zero-order valence-corrected chi connectivity index (χ0v) is 44.0. The van der Waals surface area contributed by atoms with E-state index in [4.69, 9.17) is 14.2 Å². The van der Waals surface area contributed by atoms with Crippen molar-refractivity contribution in [3.8, 4) is 0 Å². The first kappa shape index (κ1) is 63.3. The van der Waals surface area contributed by atoms with Crippen LogP contribution in [0.25, 0.3) is 0 Å². The van der Waals surface area contributed by atoms with Crippen molar-refractivity contribution in [3.05, 3.63) is 72.9 Å². The lowest BCUT2D eigenvalue weighted by Crippen LogP contribution is -2.30. The molecule has 0 heterocycles. The van der Waals surface area contributed by atoms with E-state index in [0.29, 0.717) is 19.4 Å². The number of esters is 2. The molecule has 0 N–H and O–H groups in total. The molecule has 0 aliphatic carbocycles. The molecule has 0 saturated carbocycles. The van der Waals surface area contributed by atoms with Crippen LogP contribution in [0.2, 0.25) is 0 Å². The van der Waals surface area contributed by atoms with Crippen LogP contribution < -0.4 is 0 Å². The third kappa shape index (κ3) is 54.0. The molecule has 0 aliphatic rings. The van der Waals surface area contributed by atoms with E-state index in [2.05, 4.69) is 93.7 Å². The van der Waals surface area contributed by atoms with Crippen molar-refractivity contribution in [1.82, 2.24) is 0 Å². The summed E-state index contributed by atoms with van der Waals surface area (Å²) in [5.41, 5.74) is 0. The highest BCUT2D eigenvalue weighted by molar-refractivity contribution is 5.70. The van der Waals surface area contributed by atoms with E-state index in [1.54, 1.807) is 0 Å². The molecule has 0 bridgehead atoms. The molecule has 0 spiro atoms. The Morgan fingerprint density at radius 1 is 0.348 bits per heavy atom. The van der Waals surface area contributed by atoms with Crippen molar-refractivity contribution in [1.29, 1.82) is 0 Å². The first-order valence-corrected chi connectivity index (χ1v) is 28.5. The Hall–Kier alpha value is -2.66. The molecular formula is C61H108O5. The lowest BCUT2D eigenvalue weighted by atomic mass is 10.0. The molecule has 0 saturated heterocycles. The monoisotopic (exact) mass is 921 g/mol. The van der Waals surface area contributed by atoms with E-state index in [9.17, 15) is 9.59 Å². The molecule has 1 atom stereocenters. The largest absolute Gasteiger partial charge is 0.462 e. The number of allylic oxidation sites excluding steroid dienone is 12. The Morgan fingerprint density at radius 3 is 1.12 bits per heavy atom. The Morgan fingerprint density at radius 2 is 0.682 bits per heavy atom. The average Bonchev–Trinajstić information content (AvgIpc) is 3.32. The molecule has 0 aromatic heterocycles. The van der Waals surface area contributed by atoms with Crippen LogP contribution >= 0.6 is 0 Å². The summed E-state index contributed by atoms with van der Waals surface area (Å²) in [6.45, 7) is 7.68. The minimum absolute atomic E-state index is 0.0734. The standard InChI is InChI=1S/C61H108O5/c1-4-7-10-13-16-19-22-25-28-30-31-32-34-36-39-42-45-48-51-54-60(62)65-58-59(57-64-56-53-50-47-44-41-38-35-29-26-23-20-17-14-11-8-5-2)66-61(63)55-52-49-46-43-40-37-33-27-24-21-18-15-12-9-6-3/h8,11,16-17,19-20,25-26,28-29,31-32,59H,4-7,9-10,12-15,18,21-24,27,30,33-58H2,1-3H3/b11-8-,19-16-,20-17-,28-25-,29-26-,32-31-. The Kier molecular flexibility index (Phi) is 54.4. The van der Waals surface area contributed by atoms with E-state index in [-0.39, 0.29) is 25.2 Å². The van der Waals surface area contributed by atoms with Crippen LogP contribution in [-0.2, 0) is 23.8 Å². The second kappa shape index (κ2) is 56.7. The first-order chi connectivity index (χ1) is 32.6. The maximum absolute atomic E-state index is 12.8. The van der Waals surface area contributed by atoms with E-state index >= 15 is 0 Å². The number of carbonyl (C=O) groups excluding carboxylic acids is 2. The molecule has 0 aliphatic heterocycles. The number of unbranched alkanes of at least 4 members (excludes halogenated alkanes) is 29. The average molecular weight is 922 g/mol. The van der Waals surface area contributed by atoms with Gasteiger partial charge >= 0.3 is 11.9 Å². The molecule has 66 heavy (non-hydrogen) atoms. The van der Waals surface area contributed by atoms with Gasteiger partial charge in [-0.05, 0) is 89.9 Å². The fourth-order valence-electron chi connectivity index (χ4n) is 8.00. The zero-order valence-electron chi connectivity index (χ0n) is 44.0. The summed E-state index contributed by atoms with van der Waals surface area (Å²) in [5, 5.41) is 0. The van der Waals surface area contributed by atoms with Gasteiger partial charge in [0.15, 0.2) is 6.10 Å². The molecule has 5 nitrogen and oxygen atoms in total. The third-order valence-corrected chi connectivity index (χ3v) is 12.2. The molecule has 382 valence electrons. The number of carbonyl (C=O) groups is 2. The van der Waals surface area contributed by atoms with Gasteiger partial charge in [-0.15, -0.1) is 0 Å². The first-order valence-electron chi connectivity index (χ1n) is 28.5. The van der Waals surface area contributed by atoms with Crippen LogP contribution in [0.3, 0.4) is 0 Å². The molecule has 1 unspecified atom stereocenters. The summed E-state index contributed by atoms with van der Waals surface area (Å²) in [6, 6.07) is 0. The van der Waals surface area contributed by atoms with Crippen LogP contribution in [-0.4, -0.2) is 37.9 Å². The van der Waals surface area contributed by atoms with E-state index in [0.717, 1.165) is 89.9 Å². The van der Waals surface area contributed by atoms with Gasteiger partial charge in [-0.2, -0.15) is 0 Å². The SMILES string of the molecule is CC/C=C\C/C=C\C/C=C\CCCCCCCCOCC(COC(=O)CCCCCCCC/C=C\C/C=C\C/C=C\CCCCC)OC(=O)CCCCCCCCCCCCCCCCC. The lowest BCUT2D eigenvalue weighted by molar-refractivity contribution is -0.163. The molecule has 5 heteroatoms. The minimum Gasteiger partial charge on any atom is -0.462 e. The highest BCUT2D eigenvalue weighted by atomic mass is 16.6. The van der Waals surface area contributed by atoms with Gasteiger partial charge in [-0.3, -0.25) is 9.59 Å². The Balaban J connectivity index is 4.30. The summed E-state index contributed by atoms with van der Waals surface area (Å²) in [5.74, 6) is -0.410. The summed E-state index contributed by atoms with van der Waals surface area (Å²) >= 11 is 0. The van der Waals surface area contributed by atoms with Crippen molar-refractivity contribution in [2.24, 2.45) is 0 Å². The Labute approximate surface area is 410 Å². The second-order valence-corrected chi connectivity index (χ2v) is 18.8. The maximum Gasteiger partial charge on any atom is 0.306 e. The summed E-state index contributed by atoms with van der Waals surface area (Å²) < 4.78 is 17.5. The quantitative estimate of drug-likeness (QED) is 0.0346. The minimum atomic E-state index is -0.549. The molecule has 0 aromatic carbocycles. The number of hydrogen-bond donors (Lipinski definition) is 0. The van der Waals surface area contributed by atoms with Gasteiger partial charge in [-0.1, -0.05) is 248 Å². The van der Waals surface area contributed by atoms with Crippen molar-refractivity contribution in [3.63, 3.8) is 0 Å². The topological polar surface area (TPSA) is 61.8 Å². The lowest BCUT2D eigenvalue weighted by Gasteiger charge is -2.18.